The summed E-state index contributed by atoms with van der Waals surface area (Å²) in [6.07, 6.45) is 4.68. The second-order valence-electron chi connectivity index (χ2n) is 3.08. The van der Waals surface area contributed by atoms with Gasteiger partial charge in [-0.15, -0.1) is 0 Å². The van der Waals surface area contributed by atoms with Gasteiger partial charge in [-0.2, -0.15) is 0 Å². The predicted octanol–water partition coefficient (Wildman–Crippen LogP) is 2.51. The molecule has 0 N–H and O–H groups in total. The standard InChI is InChI=1S/C9H20O2S/c1-4-6-9(7-5-2)8-12(10)11-3/h9H,4-8H2,1-3H3. The van der Waals surface area contributed by atoms with Crippen molar-refractivity contribution >= 4 is 11.1 Å². The summed E-state index contributed by atoms with van der Waals surface area (Å²) in [7, 11) is 1.51. The molecule has 3 heteroatoms. The molecule has 74 valence electrons. The summed E-state index contributed by atoms with van der Waals surface area (Å²) in [5.41, 5.74) is 0. The minimum absolute atomic E-state index is 0.584. The fourth-order valence-corrected chi connectivity index (χ4v) is 2.24. The van der Waals surface area contributed by atoms with E-state index in [0.717, 1.165) is 0 Å². The maximum atomic E-state index is 11.1. The largest absolute Gasteiger partial charge is 0.294 e. The summed E-state index contributed by atoms with van der Waals surface area (Å²) in [5, 5.41) is 0. The molecule has 0 aliphatic carbocycles. The van der Waals surface area contributed by atoms with E-state index in [-0.39, 0.29) is 0 Å². The monoisotopic (exact) mass is 192 g/mol. The van der Waals surface area contributed by atoms with Crippen LogP contribution >= 0.6 is 0 Å². The molecule has 0 aliphatic rings. The molecule has 0 spiro atoms. The Morgan fingerprint density at radius 2 is 1.75 bits per heavy atom. The van der Waals surface area contributed by atoms with Gasteiger partial charge in [0.2, 0.25) is 0 Å². The van der Waals surface area contributed by atoms with Crippen molar-refractivity contribution in [1.82, 2.24) is 0 Å². The maximum Gasteiger partial charge on any atom is 0.155 e. The van der Waals surface area contributed by atoms with Gasteiger partial charge >= 0.3 is 0 Å². The Labute approximate surface area is 78.4 Å². The zero-order valence-corrected chi connectivity index (χ0v) is 9.15. The lowest BCUT2D eigenvalue weighted by molar-refractivity contribution is 0.422. The van der Waals surface area contributed by atoms with Crippen molar-refractivity contribution in [3.63, 3.8) is 0 Å². The molecule has 0 heterocycles. The van der Waals surface area contributed by atoms with Crippen LogP contribution in [0, 0.1) is 5.92 Å². The highest BCUT2D eigenvalue weighted by Gasteiger charge is 2.10. The lowest BCUT2D eigenvalue weighted by atomic mass is 10.0. The van der Waals surface area contributed by atoms with Crippen LogP contribution in [0.1, 0.15) is 39.5 Å². The molecule has 0 bridgehead atoms. The van der Waals surface area contributed by atoms with Gasteiger partial charge in [-0.3, -0.25) is 4.18 Å². The molecule has 0 saturated carbocycles. The van der Waals surface area contributed by atoms with E-state index in [1.807, 2.05) is 0 Å². The van der Waals surface area contributed by atoms with Crippen molar-refractivity contribution in [3.05, 3.63) is 0 Å². The Morgan fingerprint density at radius 1 is 1.25 bits per heavy atom. The van der Waals surface area contributed by atoms with Gasteiger partial charge in [-0.25, -0.2) is 4.21 Å². The molecule has 0 aromatic carbocycles. The quantitative estimate of drug-likeness (QED) is 0.619. The second-order valence-corrected chi connectivity index (χ2v) is 4.35. The third-order valence-electron chi connectivity index (χ3n) is 1.95. The van der Waals surface area contributed by atoms with Crippen LogP contribution in [0.5, 0.6) is 0 Å². The van der Waals surface area contributed by atoms with Crippen LogP contribution in [0.25, 0.3) is 0 Å². The van der Waals surface area contributed by atoms with Crippen molar-refractivity contribution < 1.29 is 8.39 Å². The first-order valence-corrected chi connectivity index (χ1v) is 5.91. The summed E-state index contributed by atoms with van der Waals surface area (Å²) in [4.78, 5) is 0. The van der Waals surface area contributed by atoms with Crippen LogP contribution in [0.3, 0.4) is 0 Å². The van der Waals surface area contributed by atoms with Crippen molar-refractivity contribution in [3.8, 4) is 0 Å². The maximum absolute atomic E-state index is 11.1. The number of hydrogen-bond acceptors (Lipinski definition) is 2. The fourth-order valence-electron chi connectivity index (χ4n) is 1.39. The van der Waals surface area contributed by atoms with E-state index in [0.29, 0.717) is 11.7 Å². The van der Waals surface area contributed by atoms with Gasteiger partial charge in [-0.05, 0) is 18.8 Å². The Bertz CT molecular complexity index is 120. The Morgan fingerprint density at radius 3 is 2.08 bits per heavy atom. The van der Waals surface area contributed by atoms with Crippen molar-refractivity contribution in [2.75, 3.05) is 12.9 Å². The van der Waals surface area contributed by atoms with Crippen molar-refractivity contribution in [1.29, 1.82) is 0 Å². The van der Waals surface area contributed by atoms with Crippen LogP contribution in [-0.4, -0.2) is 17.1 Å². The zero-order valence-electron chi connectivity index (χ0n) is 8.34. The third-order valence-corrected chi connectivity index (χ3v) is 3.07. The SMILES string of the molecule is CCCC(CCC)CS(=O)OC. The lowest BCUT2D eigenvalue weighted by Crippen LogP contribution is -2.11. The first-order valence-electron chi connectivity index (χ1n) is 4.67. The molecular weight excluding hydrogens is 172 g/mol. The molecule has 0 aliphatic heterocycles. The van der Waals surface area contributed by atoms with E-state index in [1.165, 1.54) is 32.8 Å². The highest BCUT2D eigenvalue weighted by molar-refractivity contribution is 7.80. The molecule has 1 atom stereocenters. The topological polar surface area (TPSA) is 26.3 Å². The van der Waals surface area contributed by atoms with Gasteiger partial charge in [-0.1, -0.05) is 26.7 Å². The average Bonchev–Trinajstić information content (AvgIpc) is 2.05. The molecule has 0 saturated heterocycles. The first-order chi connectivity index (χ1) is 5.74. The number of hydrogen-bond donors (Lipinski definition) is 0. The van der Waals surface area contributed by atoms with Crippen LogP contribution in [0.15, 0.2) is 0 Å². The second kappa shape index (κ2) is 7.74. The molecule has 0 aromatic rings. The minimum atomic E-state index is -1.06. The van der Waals surface area contributed by atoms with E-state index in [9.17, 15) is 4.21 Å². The average molecular weight is 192 g/mol. The summed E-state index contributed by atoms with van der Waals surface area (Å²) in [6, 6.07) is 0. The van der Waals surface area contributed by atoms with Crippen LogP contribution in [0.2, 0.25) is 0 Å². The molecule has 2 nitrogen and oxygen atoms in total. The Balaban J connectivity index is 3.68. The highest BCUT2D eigenvalue weighted by Crippen LogP contribution is 2.14. The normalized spacial score (nSPS) is 13.7. The summed E-state index contributed by atoms with van der Waals surface area (Å²) < 4.78 is 15.8. The van der Waals surface area contributed by atoms with Crippen molar-refractivity contribution in [2.45, 2.75) is 39.5 Å². The van der Waals surface area contributed by atoms with Gasteiger partial charge in [0.1, 0.15) is 0 Å². The van der Waals surface area contributed by atoms with Gasteiger partial charge < -0.3 is 0 Å². The molecular formula is C9H20O2S. The van der Waals surface area contributed by atoms with E-state index in [2.05, 4.69) is 13.8 Å². The van der Waals surface area contributed by atoms with Gasteiger partial charge in [0.25, 0.3) is 0 Å². The molecule has 0 aromatic heterocycles. The van der Waals surface area contributed by atoms with Crippen LogP contribution < -0.4 is 0 Å². The smallest absolute Gasteiger partial charge is 0.155 e. The number of rotatable bonds is 7. The summed E-state index contributed by atoms with van der Waals surface area (Å²) in [6.45, 7) is 4.33. The Hall–Kier alpha value is 0.110. The van der Waals surface area contributed by atoms with Crippen LogP contribution in [0.4, 0.5) is 0 Å². The minimum Gasteiger partial charge on any atom is -0.294 e. The van der Waals surface area contributed by atoms with Gasteiger partial charge in [0, 0.05) is 0 Å². The summed E-state index contributed by atoms with van der Waals surface area (Å²) >= 11 is -1.06. The van der Waals surface area contributed by atoms with E-state index in [1.54, 1.807) is 0 Å². The predicted molar refractivity (Wildman–Crippen MR) is 53.3 cm³/mol. The highest BCUT2D eigenvalue weighted by atomic mass is 32.2. The molecule has 1 unspecified atom stereocenters. The molecule has 0 fully saturated rings. The van der Waals surface area contributed by atoms with Gasteiger partial charge in [0.15, 0.2) is 11.1 Å². The first kappa shape index (κ1) is 12.1. The molecule has 0 rings (SSSR count). The molecule has 0 radical (unpaired) electrons. The summed E-state index contributed by atoms with van der Waals surface area (Å²) in [5.74, 6) is 1.29. The van der Waals surface area contributed by atoms with Crippen LogP contribution in [-0.2, 0) is 15.3 Å². The lowest BCUT2D eigenvalue weighted by Gasteiger charge is -2.12. The van der Waals surface area contributed by atoms with Crippen molar-refractivity contribution in [2.24, 2.45) is 5.92 Å². The van der Waals surface area contributed by atoms with E-state index >= 15 is 0 Å². The third kappa shape index (κ3) is 5.72. The van der Waals surface area contributed by atoms with Gasteiger partial charge in [0.05, 0.1) is 12.9 Å². The Kier molecular flexibility index (Phi) is 7.81. The molecule has 0 amide bonds. The zero-order chi connectivity index (χ0) is 9.40. The van der Waals surface area contributed by atoms with E-state index in [4.69, 9.17) is 4.18 Å². The fraction of sp³-hybridized carbons (Fsp3) is 1.00. The molecule has 12 heavy (non-hydrogen) atoms. The van der Waals surface area contributed by atoms with E-state index < -0.39 is 11.1 Å².